The molecule has 8 heteroatoms. The molecular formula is C20H18Cl2N4O2. The molecule has 1 heterocycles. The normalized spacial score (nSPS) is 10.5. The summed E-state index contributed by atoms with van der Waals surface area (Å²) in [4.78, 5) is 28.2. The minimum absolute atomic E-state index is 0.146. The van der Waals surface area contributed by atoms with E-state index in [-0.39, 0.29) is 23.0 Å². The number of halogens is 2. The van der Waals surface area contributed by atoms with Crippen LogP contribution in [-0.4, -0.2) is 27.9 Å². The lowest BCUT2D eigenvalue weighted by atomic mass is 10.1. The van der Waals surface area contributed by atoms with Gasteiger partial charge in [-0.05, 0) is 29.3 Å². The van der Waals surface area contributed by atoms with Gasteiger partial charge in [-0.3, -0.25) is 9.59 Å². The van der Waals surface area contributed by atoms with Crippen LogP contribution in [0.15, 0.2) is 61.2 Å². The van der Waals surface area contributed by atoms with E-state index in [0.29, 0.717) is 18.1 Å². The Morgan fingerprint density at radius 3 is 2.61 bits per heavy atom. The molecule has 0 spiro atoms. The molecule has 6 nitrogen and oxygen atoms in total. The second-order valence-corrected chi connectivity index (χ2v) is 6.98. The first-order valence-electron chi connectivity index (χ1n) is 8.55. The summed E-state index contributed by atoms with van der Waals surface area (Å²) in [5, 5.41) is 6.01. The summed E-state index contributed by atoms with van der Waals surface area (Å²) in [6.45, 7) is 0.931. The van der Waals surface area contributed by atoms with E-state index in [9.17, 15) is 9.59 Å². The summed E-state index contributed by atoms with van der Waals surface area (Å²) in [5.41, 5.74) is 2.35. The number of carbonyl (C=O) groups excluding carboxylic acids is 2. The first-order valence-corrected chi connectivity index (χ1v) is 9.30. The molecule has 0 saturated carbocycles. The van der Waals surface area contributed by atoms with Crippen LogP contribution in [0, 0.1) is 0 Å². The van der Waals surface area contributed by atoms with Crippen molar-refractivity contribution in [1.82, 2.24) is 20.2 Å². The zero-order chi connectivity index (χ0) is 19.9. The van der Waals surface area contributed by atoms with Gasteiger partial charge in [0.25, 0.3) is 5.91 Å². The third-order valence-electron chi connectivity index (χ3n) is 3.99. The van der Waals surface area contributed by atoms with Crippen molar-refractivity contribution in [3.63, 3.8) is 0 Å². The van der Waals surface area contributed by atoms with Crippen LogP contribution in [0.1, 0.15) is 21.5 Å². The van der Waals surface area contributed by atoms with Crippen molar-refractivity contribution in [2.24, 2.45) is 0 Å². The Bertz CT molecular complexity index is 974. The fourth-order valence-corrected chi connectivity index (χ4v) is 3.12. The third-order valence-corrected chi connectivity index (χ3v) is 4.54. The van der Waals surface area contributed by atoms with Crippen molar-refractivity contribution in [2.75, 3.05) is 6.54 Å². The first kappa shape index (κ1) is 19.9. The molecular weight excluding hydrogens is 399 g/mol. The largest absolute Gasteiger partial charge is 0.350 e. The van der Waals surface area contributed by atoms with E-state index in [4.69, 9.17) is 23.2 Å². The highest BCUT2D eigenvalue weighted by Gasteiger charge is 2.12. The molecule has 0 bridgehead atoms. The number of nitrogens with zero attached hydrogens (tertiary/aromatic N) is 2. The summed E-state index contributed by atoms with van der Waals surface area (Å²) in [6.07, 6.45) is 5.38. The Morgan fingerprint density at radius 1 is 1.04 bits per heavy atom. The van der Waals surface area contributed by atoms with Gasteiger partial charge in [0.1, 0.15) is 0 Å². The number of rotatable bonds is 7. The Labute approximate surface area is 172 Å². The Morgan fingerprint density at radius 2 is 1.86 bits per heavy atom. The van der Waals surface area contributed by atoms with E-state index < -0.39 is 5.91 Å². The molecule has 28 heavy (non-hydrogen) atoms. The number of amides is 2. The first-order chi connectivity index (χ1) is 13.5. The number of imidazole rings is 1. The van der Waals surface area contributed by atoms with Gasteiger partial charge in [-0.1, -0.05) is 47.5 Å². The summed E-state index contributed by atoms with van der Waals surface area (Å²) < 4.78 is 1.97. The maximum Gasteiger partial charge on any atom is 0.253 e. The van der Waals surface area contributed by atoms with E-state index in [1.807, 2.05) is 35.0 Å². The smallest absolute Gasteiger partial charge is 0.253 e. The van der Waals surface area contributed by atoms with E-state index in [2.05, 4.69) is 15.6 Å². The lowest BCUT2D eigenvalue weighted by Crippen LogP contribution is -2.36. The molecule has 144 valence electrons. The quantitative estimate of drug-likeness (QED) is 0.620. The maximum absolute atomic E-state index is 12.1. The third kappa shape index (κ3) is 5.58. The molecule has 0 unspecified atom stereocenters. The van der Waals surface area contributed by atoms with Crippen LogP contribution in [-0.2, 0) is 17.9 Å². The monoisotopic (exact) mass is 416 g/mol. The number of nitrogens with one attached hydrogen (secondary N) is 2. The van der Waals surface area contributed by atoms with E-state index >= 15 is 0 Å². The van der Waals surface area contributed by atoms with E-state index in [1.54, 1.807) is 18.6 Å². The SMILES string of the molecule is O=C(CNC(=O)c1ccc(Cl)cc1Cl)NCc1cccc(Cn2ccnc2)c1. The van der Waals surface area contributed by atoms with Crippen molar-refractivity contribution in [3.8, 4) is 0 Å². The molecule has 2 aromatic carbocycles. The summed E-state index contributed by atoms with van der Waals surface area (Å²) in [6, 6.07) is 12.5. The Hall–Kier alpha value is -2.83. The highest BCUT2D eigenvalue weighted by atomic mass is 35.5. The van der Waals surface area contributed by atoms with Crippen LogP contribution in [0.25, 0.3) is 0 Å². The summed E-state index contributed by atoms with van der Waals surface area (Å²) >= 11 is 11.8. The topological polar surface area (TPSA) is 76.0 Å². The zero-order valence-electron chi connectivity index (χ0n) is 14.9. The van der Waals surface area contributed by atoms with Gasteiger partial charge < -0.3 is 15.2 Å². The Balaban J connectivity index is 1.48. The van der Waals surface area contributed by atoms with Crippen molar-refractivity contribution in [2.45, 2.75) is 13.1 Å². The van der Waals surface area contributed by atoms with Gasteiger partial charge in [0.15, 0.2) is 0 Å². The fourth-order valence-electron chi connectivity index (χ4n) is 2.62. The van der Waals surface area contributed by atoms with Crippen molar-refractivity contribution >= 4 is 35.0 Å². The summed E-state index contributed by atoms with van der Waals surface area (Å²) in [5.74, 6) is -0.724. The highest BCUT2D eigenvalue weighted by molar-refractivity contribution is 6.36. The van der Waals surface area contributed by atoms with Crippen LogP contribution < -0.4 is 10.6 Å². The summed E-state index contributed by atoms with van der Waals surface area (Å²) in [7, 11) is 0. The van der Waals surface area contributed by atoms with Crippen LogP contribution >= 0.6 is 23.2 Å². The number of hydrogen-bond donors (Lipinski definition) is 2. The molecule has 3 rings (SSSR count). The van der Waals surface area contributed by atoms with Gasteiger partial charge in [-0.2, -0.15) is 0 Å². The van der Waals surface area contributed by atoms with Gasteiger partial charge in [-0.25, -0.2) is 4.98 Å². The molecule has 2 N–H and O–H groups in total. The number of aromatic nitrogens is 2. The van der Waals surface area contributed by atoms with E-state index in [1.165, 1.54) is 12.1 Å². The van der Waals surface area contributed by atoms with Crippen LogP contribution in [0.3, 0.4) is 0 Å². The lowest BCUT2D eigenvalue weighted by molar-refractivity contribution is -0.120. The van der Waals surface area contributed by atoms with Crippen LogP contribution in [0.2, 0.25) is 10.0 Å². The average Bonchev–Trinajstić information content (AvgIpc) is 3.18. The minimum Gasteiger partial charge on any atom is -0.350 e. The predicted molar refractivity (Wildman–Crippen MR) is 108 cm³/mol. The maximum atomic E-state index is 12.1. The number of carbonyl (C=O) groups is 2. The van der Waals surface area contributed by atoms with Crippen molar-refractivity contribution in [3.05, 3.63) is 87.9 Å². The van der Waals surface area contributed by atoms with Crippen LogP contribution in [0.4, 0.5) is 0 Å². The molecule has 2 amide bonds. The average molecular weight is 417 g/mol. The fraction of sp³-hybridized carbons (Fsp3) is 0.150. The lowest BCUT2D eigenvalue weighted by Gasteiger charge is -2.09. The standard InChI is InChI=1S/C20H18Cl2N4O2/c21-16-4-5-17(18(22)9-16)20(28)25-11-19(27)24-10-14-2-1-3-15(8-14)12-26-7-6-23-13-26/h1-9,13H,10-12H2,(H,24,27)(H,25,28). The predicted octanol–water partition coefficient (Wildman–Crippen LogP) is 3.28. The molecule has 0 atom stereocenters. The van der Waals surface area contributed by atoms with Crippen molar-refractivity contribution in [1.29, 1.82) is 0 Å². The zero-order valence-corrected chi connectivity index (χ0v) is 16.4. The molecule has 0 fully saturated rings. The molecule has 0 radical (unpaired) electrons. The van der Waals surface area contributed by atoms with Crippen LogP contribution in [0.5, 0.6) is 0 Å². The molecule has 3 aromatic rings. The minimum atomic E-state index is -0.431. The molecule has 0 aliphatic rings. The Kier molecular flexibility index (Phi) is 6.68. The van der Waals surface area contributed by atoms with Crippen molar-refractivity contribution < 1.29 is 9.59 Å². The highest BCUT2D eigenvalue weighted by Crippen LogP contribution is 2.20. The van der Waals surface area contributed by atoms with Gasteiger partial charge in [-0.15, -0.1) is 0 Å². The molecule has 0 saturated heterocycles. The number of benzene rings is 2. The molecule has 0 aliphatic heterocycles. The van der Waals surface area contributed by atoms with Gasteiger partial charge >= 0.3 is 0 Å². The van der Waals surface area contributed by atoms with Gasteiger partial charge in [0, 0.05) is 30.5 Å². The molecule has 1 aromatic heterocycles. The second kappa shape index (κ2) is 9.39. The number of hydrogen-bond acceptors (Lipinski definition) is 3. The van der Waals surface area contributed by atoms with Gasteiger partial charge in [0.2, 0.25) is 5.91 Å². The second-order valence-electron chi connectivity index (χ2n) is 6.14. The van der Waals surface area contributed by atoms with E-state index in [0.717, 1.165) is 11.1 Å². The molecule has 0 aliphatic carbocycles. The van der Waals surface area contributed by atoms with Gasteiger partial charge in [0.05, 0.1) is 23.5 Å².